The first-order chi connectivity index (χ1) is 15.4. The van der Waals surface area contributed by atoms with Gasteiger partial charge in [-0.3, -0.25) is 4.79 Å². The maximum atomic E-state index is 12.0. The third-order valence-electron chi connectivity index (χ3n) is 5.71. The Labute approximate surface area is 195 Å². The molecule has 0 fully saturated rings. The number of ether oxygens (including phenoxy) is 1. The number of hydrogen-bond acceptors (Lipinski definition) is 6. The Balaban J connectivity index is 3.68. The Morgan fingerprint density at radius 2 is 1.25 bits per heavy atom. The average Bonchev–Trinajstić information content (AvgIpc) is 2.76. The van der Waals surface area contributed by atoms with Crippen LogP contribution in [0.15, 0.2) is 0 Å². The molecule has 5 N–H and O–H groups in total. The first-order valence-electron chi connectivity index (χ1n) is 12.9. The molecule has 188 valence electrons. The van der Waals surface area contributed by atoms with Gasteiger partial charge in [-0.15, -0.1) is 0 Å². The van der Waals surface area contributed by atoms with Crippen molar-refractivity contribution < 1.29 is 19.1 Å². The van der Waals surface area contributed by atoms with E-state index in [0.29, 0.717) is 25.8 Å². The minimum absolute atomic E-state index is 0.197. The summed E-state index contributed by atoms with van der Waals surface area (Å²) in [5, 5.41) is 2.60. The van der Waals surface area contributed by atoms with Gasteiger partial charge in [-0.2, -0.15) is 0 Å². The second kappa shape index (κ2) is 21.4. The molecule has 7 heteroatoms. The maximum Gasteiger partial charge on any atom is 0.336 e. The minimum atomic E-state index is -0.871. The van der Waals surface area contributed by atoms with Crippen LogP contribution in [0.2, 0.25) is 0 Å². The summed E-state index contributed by atoms with van der Waals surface area (Å²) in [6.45, 7) is 4.29. The number of unbranched alkanes of at least 4 members (excludes halogenated alkanes) is 13. The van der Waals surface area contributed by atoms with Crippen molar-refractivity contribution in [3.8, 4) is 0 Å². The summed E-state index contributed by atoms with van der Waals surface area (Å²) in [4.78, 5) is 35.8. The van der Waals surface area contributed by atoms with E-state index in [0.717, 1.165) is 25.7 Å². The highest BCUT2D eigenvalue weighted by molar-refractivity contribution is 5.92. The molecule has 1 amide bonds. The van der Waals surface area contributed by atoms with Gasteiger partial charge in [0.2, 0.25) is 5.91 Å². The average molecular weight is 456 g/mol. The Kier molecular flexibility index (Phi) is 20.4. The van der Waals surface area contributed by atoms with Gasteiger partial charge in [0.15, 0.2) is 0 Å². The van der Waals surface area contributed by atoms with Crippen LogP contribution in [-0.2, 0) is 19.1 Å². The van der Waals surface area contributed by atoms with Crippen LogP contribution in [-0.4, -0.2) is 36.5 Å². The van der Waals surface area contributed by atoms with Crippen LogP contribution in [0.5, 0.6) is 0 Å². The highest BCUT2D eigenvalue weighted by Gasteiger charge is 2.23. The number of hydrogen-bond donors (Lipinski definition) is 3. The Morgan fingerprint density at radius 3 is 1.75 bits per heavy atom. The van der Waals surface area contributed by atoms with E-state index in [1.54, 1.807) is 0 Å². The second-order valence-corrected chi connectivity index (χ2v) is 8.91. The van der Waals surface area contributed by atoms with Crippen LogP contribution >= 0.6 is 0 Å². The van der Waals surface area contributed by atoms with Crippen molar-refractivity contribution in [3.63, 3.8) is 0 Å². The highest BCUT2D eigenvalue weighted by atomic mass is 16.6. The summed E-state index contributed by atoms with van der Waals surface area (Å²) < 4.78 is 4.78. The predicted molar refractivity (Wildman–Crippen MR) is 130 cm³/mol. The smallest absolute Gasteiger partial charge is 0.336 e. The Bertz CT molecular complexity index is 500. The number of carbonyl (C=O) groups is 3. The van der Waals surface area contributed by atoms with Crippen molar-refractivity contribution in [3.05, 3.63) is 0 Å². The number of esters is 2. The van der Waals surface area contributed by atoms with Crippen LogP contribution in [0.3, 0.4) is 0 Å². The molecule has 0 aromatic rings. The fourth-order valence-electron chi connectivity index (χ4n) is 3.57. The fraction of sp³-hybridized carbons (Fsp3) is 0.880. The van der Waals surface area contributed by atoms with Gasteiger partial charge in [-0.25, -0.2) is 9.59 Å². The summed E-state index contributed by atoms with van der Waals surface area (Å²) in [6, 6.07) is -1.72. The Hall–Kier alpha value is -1.47. The van der Waals surface area contributed by atoms with E-state index >= 15 is 0 Å². The molecule has 0 aliphatic rings. The topological polar surface area (TPSA) is 125 Å². The van der Waals surface area contributed by atoms with Crippen molar-refractivity contribution in [2.45, 2.75) is 135 Å². The molecular formula is C25H49N3O4. The highest BCUT2D eigenvalue weighted by Crippen LogP contribution is 2.13. The molecule has 0 radical (unpaired) electrons. The zero-order valence-electron chi connectivity index (χ0n) is 20.7. The summed E-state index contributed by atoms with van der Waals surface area (Å²) in [6.07, 6.45) is 18.5. The molecule has 0 rings (SSSR count). The monoisotopic (exact) mass is 455 g/mol. The molecule has 0 aromatic heterocycles. The molecule has 2 atom stereocenters. The van der Waals surface area contributed by atoms with Crippen molar-refractivity contribution in [2.75, 3.05) is 6.54 Å². The molecule has 32 heavy (non-hydrogen) atoms. The number of rotatable bonds is 21. The van der Waals surface area contributed by atoms with E-state index in [4.69, 9.17) is 16.2 Å². The SMILES string of the molecule is CCCCCCCCCCCCCCCC(=O)N[C@@H](C)C(=O)OC(=O)[C@@H](N)CCCCN. The first kappa shape index (κ1) is 30.5. The lowest BCUT2D eigenvalue weighted by atomic mass is 10.0. The summed E-state index contributed by atoms with van der Waals surface area (Å²) >= 11 is 0. The van der Waals surface area contributed by atoms with Crippen LogP contribution in [0.4, 0.5) is 0 Å². The van der Waals surface area contributed by atoms with Gasteiger partial charge in [-0.1, -0.05) is 90.4 Å². The van der Waals surface area contributed by atoms with E-state index < -0.39 is 24.0 Å². The number of nitrogens with one attached hydrogen (secondary N) is 1. The molecule has 0 aliphatic heterocycles. The van der Waals surface area contributed by atoms with Gasteiger partial charge in [0, 0.05) is 6.42 Å². The molecule has 0 aromatic carbocycles. The van der Waals surface area contributed by atoms with E-state index in [1.807, 2.05) is 0 Å². The number of carbonyl (C=O) groups excluding carboxylic acids is 3. The fourth-order valence-corrected chi connectivity index (χ4v) is 3.57. The van der Waals surface area contributed by atoms with Gasteiger partial charge < -0.3 is 21.5 Å². The molecule has 0 bridgehead atoms. The molecule has 0 saturated carbocycles. The van der Waals surface area contributed by atoms with Gasteiger partial charge in [0.1, 0.15) is 12.1 Å². The molecule has 0 heterocycles. The number of amides is 1. The van der Waals surface area contributed by atoms with Gasteiger partial charge in [0.25, 0.3) is 0 Å². The first-order valence-corrected chi connectivity index (χ1v) is 12.9. The van der Waals surface area contributed by atoms with Crippen LogP contribution < -0.4 is 16.8 Å². The minimum Gasteiger partial charge on any atom is -0.390 e. The molecule has 7 nitrogen and oxygen atoms in total. The summed E-state index contributed by atoms with van der Waals surface area (Å²) in [7, 11) is 0. The standard InChI is InChI=1S/C25H49N3O4/c1-3-4-5-6-7-8-9-10-11-12-13-14-15-19-23(29)28-21(2)24(30)32-25(31)22(27)18-16-17-20-26/h21-22H,3-20,26-27H2,1-2H3,(H,28,29)/t21-,22-/m0/s1. The largest absolute Gasteiger partial charge is 0.390 e. The summed E-state index contributed by atoms with van der Waals surface area (Å²) in [5.41, 5.74) is 11.1. The van der Waals surface area contributed by atoms with Crippen molar-refractivity contribution in [1.82, 2.24) is 5.32 Å². The Morgan fingerprint density at radius 1 is 0.750 bits per heavy atom. The quantitative estimate of drug-likeness (QED) is 0.133. The predicted octanol–water partition coefficient (Wildman–Crippen LogP) is 4.50. The zero-order valence-corrected chi connectivity index (χ0v) is 20.7. The normalized spacial score (nSPS) is 12.9. The van der Waals surface area contributed by atoms with Crippen molar-refractivity contribution in [2.24, 2.45) is 11.5 Å². The van der Waals surface area contributed by atoms with Crippen LogP contribution in [0, 0.1) is 0 Å². The van der Waals surface area contributed by atoms with Crippen LogP contribution in [0.25, 0.3) is 0 Å². The maximum absolute atomic E-state index is 12.0. The third-order valence-corrected chi connectivity index (χ3v) is 5.71. The lowest BCUT2D eigenvalue weighted by Gasteiger charge is -2.14. The lowest BCUT2D eigenvalue weighted by molar-refractivity contribution is -0.162. The van der Waals surface area contributed by atoms with E-state index in [2.05, 4.69) is 12.2 Å². The van der Waals surface area contributed by atoms with E-state index in [1.165, 1.54) is 71.1 Å². The van der Waals surface area contributed by atoms with Gasteiger partial charge in [-0.05, 0) is 32.7 Å². The molecule has 0 aliphatic carbocycles. The molecular weight excluding hydrogens is 406 g/mol. The molecule has 0 unspecified atom stereocenters. The number of nitrogens with two attached hydrogens (primary N) is 2. The van der Waals surface area contributed by atoms with Crippen molar-refractivity contribution >= 4 is 17.8 Å². The lowest BCUT2D eigenvalue weighted by Crippen LogP contribution is -2.42. The van der Waals surface area contributed by atoms with Crippen molar-refractivity contribution in [1.29, 1.82) is 0 Å². The third kappa shape index (κ3) is 18.1. The van der Waals surface area contributed by atoms with Gasteiger partial charge in [0.05, 0.1) is 0 Å². The summed E-state index contributed by atoms with van der Waals surface area (Å²) in [5.74, 6) is -1.73. The van der Waals surface area contributed by atoms with E-state index in [9.17, 15) is 14.4 Å². The van der Waals surface area contributed by atoms with E-state index in [-0.39, 0.29) is 5.91 Å². The van der Waals surface area contributed by atoms with Crippen LogP contribution in [0.1, 0.15) is 123 Å². The zero-order chi connectivity index (χ0) is 24.0. The second-order valence-electron chi connectivity index (χ2n) is 8.91. The molecule has 0 saturated heterocycles. The van der Waals surface area contributed by atoms with Gasteiger partial charge >= 0.3 is 11.9 Å². The molecule has 0 spiro atoms.